The van der Waals surface area contributed by atoms with Gasteiger partial charge in [0.1, 0.15) is 0 Å². The second-order valence-electron chi connectivity index (χ2n) is 4.16. The summed E-state index contributed by atoms with van der Waals surface area (Å²) in [6.45, 7) is 5.46. The number of hydrogen-bond acceptors (Lipinski definition) is 3. The molecule has 0 amide bonds. The molecule has 0 unspecified atom stereocenters. The highest BCUT2D eigenvalue weighted by molar-refractivity contribution is 5.30. The Morgan fingerprint density at radius 2 is 1.60 bits per heavy atom. The van der Waals surface area contributed by atoms with Gasteiger partial charge in [-0.2, -0.15) is 0 Å². The molecule has 0 fully saturated rings. The number of nitrogens with zero attached hydrogens (tertiary/aromatic N) is 3. The van der Waals surface area contributed by atoms with Crippen LogP contribution in [0.2, 0.25) is 0 Å². The Balaban J connectivity index is 2.92. The van der Waals surface area contributed by atoms with Crippen molar-refractivity contribution in [3.63, 3.8) is 0 Å². The number of aromatic nitrogens is 3. The van der Waals surface area contributed by atoms with E-state index in [-0.39, 0.29) is 13.1 Å². The molecular weight excluding hydrogens is 258 g/mol. The maximum Gasteiger partial charge on any atom is 0.341 e. The normalized spacial score (nSPS) is 10.4. The molecule has 104 valence electrons. The third kappa shape index (κ3) is 2.16. The zero-order valence-corrected chi connectivity index (χ0v) is 11.2. The standard InChI is InChI=1S/C14H15N3O3/c1-3-10-16-12(18)15(4-2)13(19)17(14(16)20)11-8-6-5-7-9-11/h3,5-9H,1,4,10H2,2H3. The molecule has 2 rings (SSSR count). The fraction of sp³-hybridized carbons (Fsp3) is 0.214. The fourth-order valence-electron chi connectivity index (χ4n) is 1.99. The van der Waals surface area contributed by atoms with Gasteiger partial charge in [-0.3, -0.25) is 0 Å². The predicted octanol–water partition coefficient (Wildman–Crippen LogP) is 0.367. The molecule has 0 aliphatic rings. The molecule has 0 aliphatic heterocycles. The summed E-state index contributed by atoms with van der Waals surface area (Å²) >= 11 is 0. The summed E-state index contributed by atoms with van der Waals surface area (Å²) < 4.78 is 3.01. The third-order valence-electron chi connectivity index (χ3n) is 2.95. The van der Waals surface area contributed by atoms with Crippen LogP contribution in [0.25, 0.3) is 5.69 Å². The summed E-state index contributed by atoms with van der Waals surface area (Å²) in [4.78, 5) is 36.7. The highest BCUT2D eigenvalue weighted by Crippen LogP contribution is 1.99. The second kappa shape index (κ2) is 5.56. The molecule has 0 saturated carbocycles. The van der Waals surface area contributed by atoms with E-state index in [0.717, 1.165) is 13.7 Å². The zero-order valence-electron chi connectivity index (χ0n) is 11.2. The molecule has 0 bridgehead atoms. The largest absolute Gasteiger partial charge is 0.341 e. The van der Waals surface area contributed by atoms with Crippen molar-refractivity contribution < 1.29 is 0 Å². The maximum atomic E-state index is 12.3. The van der Waals surface area contributed by atoms with Crippen molar-refractivity contribution >= 4 is 0 Å². The van der Waals surface area contributed by atoms with Gasteiger partial charge in [0.2, 0.25) is 0 Å². The van der Waals surface area contributed by atoms with Gasteiger partial charge in [-0.15, -0.1) is 6.58 Å². The summed E-state index contributed by atoms with van der Waals surface area (Å²) in [5, 5.41) is 0. The molecular formula is C14H15N3O3. The molecule has 0 N–H and O–H groups in total. The van der Waals surface area contributed by atoms with E-state index in [0.29, 0.717) is 5.69 Å². The average molecular weight is 273 g/mol. The minimum atomic E-state index is -0.657. The number of allylic oxidation sites excluding steroid dienone is 1. The van der Waals surface area contributed by atoms with E-state index in [2.05, 4.69) is 6.58 Å². The number of rotatable bonds is 4. The SMILES string of the molecule is C=CCn1c(=O)n(CC)c(=O)n(-c2ccccc2)c1=O. The van der Waals surface area contributed by atoms with Gasteiger partial charge in [-0.05, 0) is 19.1 Å². The lowest BCUT2D eigenvalue weighted by Crippen LogP contribution is -2.53. The van der Waals surface area contributed by atoms with E-state index in [9.17, 15) is 14.4 Å². The number of para-hydroxylation sites is 1. The quantitative estimate of drug-likeness (QED) is 0.756. The summed E-state index contributed by atoms with van der Waals surface area (Å²) in [6.07, 6.45) is 1.45. The first-order valence-electron chi connectivity index (χ1n) is 6.24. The fourth-order valence-corrected chi connectivity index (χ4v) is 1.99. The first kappa shape index (κ1) is 13.8. The lowest BCUT2D eigenvalue weighted by molar-refractivity contribution is 0.526. The van der Waals surface area contributed by atoms with Crippen LogP contribution in [0, 0.1) is 0 Å². The van der Waals surface area contributed by atoms with E-state index < -0.39 is 17.1 Å². The summed E-state index contributed by atoms with van der Waals surface area (Å²) in [7, 11) is 0. The van der Waals surface area contributed by atoms with Crippen molar-refractivity contribution in [3.05, 3.63) is 74.4 Å². The topological polar surface area (TPSA) is 66.0 Å². The molecule has 0 radical (unpaired) electrons. The van der Waals surface area contributed by atoms with Crippen LogP contribution in [-0.4, -0.2) is 13.7 Å². The molecule has 20 heavy (non-hydrogen) atoms. The summed E-state index contributed by atoms with van der Waals surface area (Å²) in [5.74, 6) is 0. The van der Waals surface area contributed by atoms with E-state index in [1.54, 1.807) is 37.3 Å². The molecule has 6 nitrogen and oxygen atoms in total. The zero-order chi connectivity index (χ0) is 14.7. The highest BCUT2D eigenvalue weighted by Gasteiger charge is 2.14. The van der Waals surface area contributed by atoms with E-state index in [1.807, 2.05) is 0 Å². The van der Waals surface area contributed by atoms with Gasteiger partial charge in [0.05, 0.1) is 12.2 Å². The molecule has 1 aromatic carbocycles. The first-order chi connectivity index (χ1) is 9.61. The summed E-state index contributed by atoms with van der Waals surface area (Å²) in [5.41, 5.74) is -1.47. The Hall–Kier alpha value is -2.63. The van der Waals surface area contributed by atoms with Gasteiger partial charge in [-0.25, -0.2) is 28.1 Å². The lowest BCUT2D eigenvalue weighted by atomic mass is 10.3. The Morgan fingerprint density at radius 3 is 2.15 bits per heavy atom. The van der Waals surface area contributed by atoms with Gasteiger partial charge in [0.25, 0.3) is 0 Å². The van der Waals surface area contributed by atoms with E-state index >= 15 is 0 Å². The van der Waals surface area contributed by atoms with Gasteiger partial charge in [-0.1, -0.05) is 24.3 Å². The molecule has 0 spiro atoms. The van der Waals surface area contributed by atoms with Crippen LogP contribution < -0.4 is 17.1 Å². The van der Waals surface area contributed by atoms with Crippen LogP contribution in [0.3, 0.4) is 0 Å². The Kier molecular flexibility index (Phi) is 3.84. The number of benzene rings is 1. The van der Waals surface area contributed by atoms with Crippen molar-refractivity contribution in [2.24, 2.45) is 0 Å². The van der Waals surface area contributed by atoms with Crippen molar-refractivity contribution in [1.29, 1.82) is 0 Å². The molecule has 0 saturated heterocycles. The summed E-state index contributed by atoms with van der Waals surface area (Å²) in [6, 6.07) is 8.52. The minimum absolute atomic E-state index is 0.0603. The van der Waals surface area contributed by atoms with Gasteiger partial charge in [0.15, 0.2) is 0 Å². The van der Waals surface area contributed by atoms with Crippen molar-refractivity contribution in [2.75, 3.05) is 0 Å². The van der Waals surface area contributed by atoms with Crippen LogP contribution in [0.4, 0.5) is 0 Å². The van der Waals surface area contributed by atoms with Crippen LogP contribution in [0.1, 0.15) is 6.92 Å². The Labute approximate surface area is 114 Å². The van der Waals surface area contributed by atoms with Crippen LogP contribution in [0.5, 0.6) is 0 Å². The molecule has 2 aromatic rings. The highest BCUT2D eigenvalue weighted by atomic mass is 16.2. The minimum Gasteiger partial charge on any atom is -0.247 e. The van der Waals surface area contributed by atoms with Gasteiger partial charge in [0, 0.05) is 6.54 Å². The average Bonchev–Trinajstić information content (AvgIpc) is 2.45. The molecule has 1 heterocycles. The van der Waals surface area contributed by atoms with Crippen LogP contribution >= 0.6 is 0 Å². The molecule has 0 aliphatic carbocycles. The smallest absolute Gasteiger partial charge is 0.247 e. The van der Waals surface area contributed by atoms with E-state index in [4.69, 9.17) is 0 Å². The third-order valence-corrected chi connectivity index (χ3v) is 2.95. The van der Waals surface area contributed by atoms with Gasteiger partial charge < -0.3 is 0 Å². The first-order valence-corrected chi connectivity index (χ1v) is 6.24. The molecule has 1 aromatic heterocycles. The monoisotopic (exact) mass is 273 g/mol. The van der Waals surface area contributed by atoms with Crippen LogP contribution in [-0.2, 0) is 13.1 Å². The molecule has 0 atom stereocenters. The Bertz CT molecular complexity index is 797. The van der Waals surface area contributed by atoms with Crippen LogP contribution in [0.15, 0.2) is 57.4 Å². The second-order valence-corrected chi connectivity index (χ2v) is 4.16. The van der Waals surface area contributed by atoms with Crippen molar-refractivity contribution in [2.45, 2.75) is 20.0 Å². The van der Waals surface area contributed by atoms with E-state index in [1.165, 1.54) is 6.08 Å². The molecule has 6 heteroatoms. The predicted molar refractivity (Wildman–Crippen MR) is 76.4 cm³/mol. The van der Waals surface area contributed by atoms with Crippen molar-refractivity contribution in [1.82, 2.24) is 13.7 Å². The van der Waals surface area contributed by atoms with Crippen molar-refractivity contribution in [3.8, 4) is 5.69 Å². The van der Waals surface area contributed by atoms with Gasteiger partial charge >= 0.3 is 17.1 Å². The lowest BCUT2D eigenvalue weighted by Gasteiger charge is -2.11. The maximum absolute atomic E-state index is 12.3. The Morgan fingerprint density at radius 1 is 1.00 bits per heavy atom. The number of hydrogen-bond donors (Lipinski definition) is 0.